The molecule has 1 aliphatic heterocycles. The fourth-order valence-electron chi connectivity index (χ4n) is 5.78. The summed E-state index contributed by atoms with van der Waals surface area (Å²) in [4.78, 5) is 4.85. The van der Waals surface area contributed by atoms with Crippen LogP contribution in [-0.4, -0.2) is 39.9 Å². The van der Waals surface area contributed by atoms with E-state index in [1.165, 1.54) is 17.1 Å². The van der Waals surface area contributed by atoms with Gasteiger partial charge in [0.1, 0.15) is 0 Å². The topological polar surface area (TPSA) is 103 Å². The Morgan fingerprint density at radius 3 is 2.44 bits per heavy atom. The van der Waals surface area contributed by atoms with Crippen LogP contribution in [0.1, 0.15) is 56.3 Å². The number of aliphatic hydroxyl groups is 1. The molecule has 3 heterocycles. The first kappa shape index (κ1) is 27.1. The molecule has 7 nitrogen and oxygen atoms in total. The lowest BCUT2D eigenvalue weighted by molar-refractivity contribution is 0.0552. The maximum Gasteiger partial charge on any atom is 0.159 e. The van der Waals surface area contributed by atoms with E-state index >= 15 is 0 Å². The first-order valence-electron chi connectivity index (χ1n) is 13.1. The summed E-state index contributed by atoms with van der Waals surface area (Å²) in [7, 11) is 1.72. The molecule has 1 aliphatic rings. The fraction of sp³-hybridized carbons (Fsp3) is 0.367. The largest absolute Gasteiger partial charge is 0.401 e. The predicted molar refractivity (Wildman–Crippen MR) is 149 cm³/mol. The van der Waals surface area contributed by atoms with Gasteiger partial charge in [0.2, 0.25) is 0 Å². The van der Waals surface area contributed by atoms with E-state index in [4.69, 9.17) is 21.3 Å². The molecular formula is C30H35F2N5O2. The number of rotatable bonds is 6. The van der Waals surface area contributed by atoms with Crippen LogP contribution in [0, 0.1) is 17.6 Å². The highest BCUT2D eigenvalue weighted by Gasteiger charge is 2.31. The van der Waals surface area contributed by atoms with Crippen molar-refractivity contribution in [1.82, 2.24) is 14.6 Å². The molecule has 1 fully saturated rings. The molecule has 2 aromatic heterocycles. The molecule has 206 valence electrons. The van der Waals surface area contributed by atoms with E-state index in [1.54, 1.807) is 40.1 Å². The maximum absolute atomic E-state index is 14.7. The van der Waals surface area contributed by atoms with Crippen molar-refractivity contribution in [2.45, 2.75) is 45.3 Å². The number of hydrogen-bond acceptors (Lipinski definition) is 6. The summed E-state index contributed by atoms with van der Waals surface area (Å²) in [6.45, 7) is 6.41. The Morgan fingerprint density at radius 1 is 1.10 bits per heavy atom. The average Bonchev–Trinajstić information content (AvgIpc) is 3.19. The Bertz CT molecular complexity index is 1560. The smallest absolute Gasteiger partial charge is 0.159 e. The summed E-state index contributed by atoms with van der Waals surface area (Å²) >= 11 is 0. The Kier molecular flexibility index (Phi) is 7.09. The first-order valence-corrected chi connectivity index (χ1v) is 13.1. The number of hydrogen-bond donors (Lipinski definition) is 3. The lowest BCUT2D eigenvalue weighted by Crippen LogP contribution is -2.27. The molecule has 2 aromatic carbocycles. The van der Waals surface area contributed by atoms with Gasteiger partial charge in [-0.25, -0.2) is 14.6 Å². The van der Waals surface area contributed by atoms with Crippen LogP contribution >= 0.6 is 0 Å². The number of nitrogens with zero attached hydrogens (tertiary/aromatic N) is 3. The lowest BCUT2D eigenvalue weighted by atomic mass is 9.86. The third-order valence-corrected chi connectivity index (χ3v) is 7.62. The summed E-state index contributed by atoms with van der Waals surface area (Å²) < 4.78 is 36.5. The highest BCUT2D eigenvalue weighted by atomic mass is 19.2. The summed E-state index contributed by atoms with van der Waals surface area (Å²) in [5.41, 5.74) is 10.8. The zero-order valence-electron chi connectivity index (χ0n) is 22.7. The Balaban J connectivity index is 1.89. The molecule has 1 unspecified atom stereocenters. The van der Waals surface area contributed by atoms with Crippen LogP contribution in [0.2, 0.25) is 0 Å². The molecule has 4 aromatic rings. The predicted octanol–water partition coefficient (Wildman–Crippen LogP) is 5.16. The number of pyridine rings is 1. The molecule has 5 rings (SSSR count). The molecular weight excluding hydrogens is 500 g/mol. The minimum absolute atomic E-state index is 0.0836. The number of allylic oxidation sites excluding steroid dienone is 1. The number of hydrazine groups is 1. The minimum atomic E-state index is -1.08. The van der Waals surface area contributed by atoms with E-state index in [9.17, 15) is 13.9 Å². The van der Waals surface area contributed by atoms with Gasteiger partial charge in [-0.05, 0) is 74.9 Å². The fourth-order valence-corrected chi connectivity index (χ4v) is 5.78. The van der Waals surface area contributed by atoms with Crippen molar-refractivity contribution in [2.24, 2.45) is 17.5 Å². The van der Waals surface area contributed by atoms with E-state index in [2.05, 4.69) is 4.57 Å². The molecule has 0 amide bonds. The first-order chi connectivity index (χ1) is 18.5. The van der Waals surface area contributed by atoms with E-state index in [0.29, 0.717) is 30.2 Å². The number of nitrogens with two attached hydrogens (primary N) is 2. The van der Waals surface area contributed by atoms with Gasteiger partial charge in [0.15, 0.2) is 11.6 Å². The Morgan fingerprint density at radius 2 is 1.82 bits per heavy atom. The van der Waals surface area contributed by atoms with Crippen molar-refractivity contribution in [3.8, 4) is 0 Å². The molecule has 1 atom stereocenters. The zero-order valence-corrected chi connectivity index (χ0v) is 22.7. The van der Waals surface area contributed by atoms with Crippen molar-refractivity contribution < 1.29 is 18.6 Å². The highest BCUT2D eigenvalue weighted by molar-refractivity contribution is 6.06. The van der Waals surface area contributed by atoms with E-state index in [1.807, 2.05) is 24.3 Å². The summed E-state index contributed by atoms with van der Waals surface area (Å²) in [6.07, 6.45) is 3.25. The van der Waals surface area contributed by atoms with Gasteiger partial charge in [-0.2, -0.15) is 0 Å². The zero-order chi connectivity index (χ0) is 28.1. The number of benzene rings is 2. The van der Waals surface area contributed by atoms with Gasteiger partial charge in [0.05, 0.1) is 33.9 Å². The second-order valence-electron chi connectivity index (χ2n) is 11.0. The van der Waals surface area contributed by atoms with Crippen LogP contribution in [0.5, 0.6) is 0 Å². The monoisotopic (exact) mass is 535 g/mol. The molecule has 0 saturated carbocycles. The van der Waals surface area contributed by atoms with Crippen LogP contribution in [-0.2, 0) is 10.3 Å². The van der Waals surface area contributed by atoms with Crippen molar-refractivity contribution in [3.63, 3.8) is 0 Å². The molecule has 39 heavy (non-hydrogen) atoms. The van der Waals surface area contributed by atoms with Crippen LogP contribution in [0.25, 0.3) is 27.6 Å². The number of ether oxygens (including phenoxy) is 1. The molecule has 0 radical (unpaired) electrons. The van der Waals surface area contributed by atoms with E-state index < -0.39 is 17.2 Å². The van der Waals surface area contributed by atoms with Gasteiger partial charge in [-0.3, -0.25) is 4.98 Å². The van der Waals surface area contributed by atoms with Gasteiger partial charge in [0, 0.05) is 43.1 Å². The van der Waals surface area contributed by atoms with E-state index in [-0.39, 0.29) is 12.0 Å². The molecule has 1 saturated heterocycles. The van der Waals surface area contributed by atoms with Crippen molar-refractivity contribution >= 4 is 27.6 Å². The van der Waals surface area contributed by atoms with Crippen LogP contribution in [0.15, 0.2) is 54.4 Å². The molecule has 0 bridgehead atoms. The van der Waals surface area contributed by atoms with Crippen LogP contribution in [0.3, 0.4) is 0 Å². The second-order valence-corrected chi connectivity index (χ2v) is 11.0. The van der Waals surface area contributed by atoms with Crippen molar-refractivity contribution in [1.29, 1.82) is 0 Å². The normalized spacial score (nSPS) is 16.5. The molecule has 9 heteroatoms. The third kappa shape index (κ3) is 4.97. The lowest BCUT2D eigenvalue weighted by Gasteiger charge is -2.33. The number of aromatic nitrogens is 2. The van der Waals surface area contributed by atoms with Gasteiger partial charge < -0.3 is 25.2 Å². The second kappa shape index (κ2) is 10.2. The van der Waals surface area contributed by atoms with Crippen LogP contribution in [0.4, 0.5) is 8.78 Å². The van der Waals surface area contributed by atoms with Gasteiger partial charge in [-0.1, -0.05) is 18.2 Å². The maximum atomic E-state index is 14.7. The van der Waals surface area contributed by atoms with Crippen molar-refractivity contribution in [3.05, 3.63) is 82.7 Å². The summed E-state index contributed by atoms with van der Waals surface area (Å²) in [5.74, 6) is 4.44. The third-order valence-electron chi connectivity index (χ3n) is 7.62. The SMILES string of the molecule is C/C(N)=C(\c1cnc2c3ccc(C(C)(C)O)cc3n(C(c3ccc(F)c(F)c3)C3CCOCC3)c2c1)N(C)N. The Hall–Kier alpha value is -3.53. The molecule has 0 aliphatic carbocycles. The standard InChI is InChI=1S/C30H35F2N5O2/c1-17(33)28(36(4)34)20-14-26-27(35-16-20)22-7-6-21(30(2,3)38)15-25(22)37(26)29(18-9-11-39-12-10-18)19-5-8-23(31)24(32)13-19/h5-8,13-16,18,29,38H,9-12,33-34H2,1-4H3/b28-17-. The molecule has 5 N–H and O–H groups in total. The summed E-state index contributed by atoms with van der Waals surface area (Å²) in [5, 5.41) is 13.2. The Labute approximate surface area is 226 Å². The van der Waals surface area contributed by atoms with Gasteiger partial charge in [0.25, 0.3) is 0 Å². The number of fused-ring (bicyclic) bond motifs is 3. The number of halogens is 2. The quantitative estimate of drug-likeness (QED) is 0.233. The summed E-state index contributed by atoms with van der Waals surface area (Å²) in [6, 6.07) is 11.6. The van der Waals surface area contributed by atoms with Gasteiger partial charge >= 0.3 is 0 Å². The van der Waals surface area contributed by atoms with Crippen LogP contribution < -0.4 is 11.6 Å². The minimum Gasteiger partial charge on any atom is -0.401 e. The highest BCUT2D eigenvalue weighted by Crippen LogP contribution is 2.42. The van der Waals surface area contributed by atoms with E-state index in [0.717, 1.165) is 45.9 Å². The average molecular weight is 536 g/mol. The van der Waals surface area contributed by atoms with Gasteiger partial charge in [-0.15, -0.1) is 0 Å². The van der Waals surface area contributed by atoms with Crippen molar-refractivity contribution in [2.75, 3.05) is 20.3 Å². The molecule has 0 spiro atoms.